The smallest absolute Gasteiger partial charge is 0.163 e. The lowest BCUT2D eigenvalue weighted by atomic mass is 9.78. The molecule has 1 aliphatic heterocycles. The lowest BCUT2D eigenvalue weighted by Gasteiger charge is -2.30. The van der Waals surface area contributed by atoms with Gasteiger partial charge in [0, 0.05) is 29.3 Å². The van der Waals surface area contributed by atoms with Gasteiger partial charge < -0.3 is 20.1 Å². The molecule has 2 aliphatic rings. The van der Waals surface area contributed by atoms with Gasteiger partial charge in [-0.3, -0.25) is 4.79 Å². The van der Waals surface area contributed by atoms with Crippen molar-refractivity contribution in [1.82, 2.24) is 0 Å². The van der Waals surface area contributed by atoms with E-state index in [4.69, 9.17) is 9.47 Å². The Kier molecular flexibility index (Phi) is 5.31. The molecule has 0 amide bonds. The minimum absolute atomic E-state index is 0.149. The first-order valence-electron chi connectivity index (χ1n) is 10.8. The van der Waals surface area contributed by atoms with Gasteiger partial charge >= 0.3 is 0 Å². The van der Waals surface area contributed by atoms with Crippen LogP contribution >= 0.6 is 0 Å². The summed E-state index contributed by atoms with van der Waals surface area (Å²) in [6.07, 6.45) is 1.26. The number of nitrogens with one attached hydrogen (secondary N) is 2. The van der Waals surface area contributed by atoms with Crippen molar-refractivity contribution in [1.29, 1.82) is 0 Å². The fourth-order valence-electron chi connectivity index (χ4n) is 4.74. The molecule has 0 fully saturated rings. The molecule has 5 rings (SSSR count). The lowest BCUT2D eigenvalue weighted by molar-refractivity contribution is -0.116. The van der Waals surface area contributed by atoms with E-state index in [9.17, 15) is 4.79 Å². The fourth-order valence-corrected chi connectivity index (χ4v) is 4.74. The largest absolute Gasteiger partial charge is 0.497 e. The van der Waals surface area contributed by atoms with E-state index >= 15 is 0 Å². The number of ketones is 1. The van der Waals surface area contributed by atoms with E-state index in [0.717, 1.165) is 34.6 Å². The van der Waals surface area contributed by atoms with Gasteiger partial charge in [-0.2, -0.15) is 0 Å². The summed E-state index contributed by atoms with van der Waals surface area (Å²) in [5, 5.41) is 7.19. The predicted molar refractivity (Wildman–Crippen MR) is 126 cm³/mol. The van der Waals surface area contributed by atoms with Gasteiger partial charge in [-0.1, -0.05) is 42.5 Å². The van der Waals surface area contributed by atoms with Crippen LogP contribution in [0.15, 0.2) is 84.1 Å². The van der Waals surface area contributed by atoms with Gasteiger partial charge in [-0.15, -0.1) is 0 Å². The van der Waals surface area contributed by atoms with Crippen LogP contribution in [0.2, 0.25) is 0 Å². The first-order chi connectivity index (χ1) is 15.7. The molecule has 0 saturated heterocycles. The van der Waals surface area contributed by atoms with Crippen molar-refractivity contribution in [3.63, 3.8) is 0 Å². The zero-order valence-electron chi connectivity index (χ0n) is 18.2. The SMILES string of the molecule is COc1ccc([C@@H]2Nc3ccccc3NC3=C2C(=O)C[C@@H](c2ccccc2)C3)c(OC)c1. The Balaban J connectivity index is 1.64. The zero-order valence-corrected chi connectivity index (χ0v) is 18.2. The third-order valence-corrected chi connectivity index (χ3v) is 6.33. The number of hydrogen-bond donors (Lipinski definition) is 2. The molecule has 0 bridgehead atoms. The number of fused-ring (bicyclic) bond motifs is 1. The topological polar surface area (TPSA) is 59.6 Å². The summed E-state index contributed by atoms with van der Waals surface area (Å²) in [5.41, 5.74) is 5.77. The monoisotopic (exact) mass is 426 g/mol. The van der Waals surface area contributed by atoms with E-state index in [1.165, 1.54) is 5.56 Å². The number of anilines is 2. The van der Waals surface area contributed by atoms with Crippen LogP contribution in [-0.2, 0) is 4.79 Å². The number of Topliss-reactive ketones (excluding diaryl/α,β-unsaturated/α-hetero) is 1. The molecular formula is C27H26N2O3. The van der Waals surface area contributed by atoms with Gasteiger partial charge in [0.15, 0.2) is 5.78 Å². The fraction of sp³-hybridized carbons (Fsp3) is 0.222. The van der Waals surface area contributed by atoms with Crippen molar-refractivity contribution in [2.24, 2.45) is 0 Å². The third-order valence-electron chi connectivity index (χ3n) is 6.33. The highest BCUT2D eigenvalue weighted by molar-refractivity contribution is 6.01. The van der Waals surface area contributed by atoms with E-state index in [2.05, 4.69) is 22.8 Å². The van der Waals surface area contributed by atoms with Gasteiger partial charge in [-0.25, -0.2) is 0 Å². The van der Waals surface area contributed by atoms with Gasteiger partial charge in [0.25, 0.3) is 0 Å². The molecule has 2 N–H and O–H groups in total. The Morgan fingerprint density at radius 1 is 0.844 bits per heavy atom. The molecule has 0 radical (unpaired) electrons. The molecule has 32 heavy (non-hydrogen) atoms. The van der Waals surface area contributed by atoms with E-state index < -0.39 is 0 Å². The molecule has 1 heterocycles. The summed E-state index contributed by atoms with van der Waals surface area (Å²) in [4.78, 5) is 13.6. The Hall–Kier alpha value is -3.73. The number of allylic oxidation sites excluding steroid dienone is 1. The van der Waals surface area contributed by atoms with Crippen LogP contribution in [0.25, 0.3) is 0 Å². The number of carbonyl (C=O) groups is 1. The Bertz CT molecular complexity index is 1190. The second-order valence-corrected chi connectivity index (χ2v) is 8.19. The van der Waals surface area contributed by atoms with Crippen LogP contribution in [0, 0.1) is 0 Å². The molecule has 5 heteroatoms. The molecule has 3 aromatic rings. The maximum absolute atomic E-state index is 13.6. The summed E-state index contributed by atoms with van der Waals surface area (Å²) in [5.74, 6) is 1.70. The molecule has 2 atom stereocenters. The predicted octanol–water partition coefficient (Wildman–Crippen LogP) is 5.68. The first kappa shape index (κ1) is 20.2. The van der Waals surface area contributed by atoms with Crippen molar-refractivity contribution >= 4 is 17.2 Å². The van der Waals surface area contributed by atoms with Crippen molar-refractivity contribution in [2.45, 2.75) is 24.8 Å². The molecule has 0 unspecified atom stereocenters. The van der Waals surface area contributed by atoms with E-state index in [1.54, 1.807) is 14.2 Å². The molecule has 3 aromatic carbocycles. The quantitative estimate of drug-likeness (QED) is 0.562. The van der Waals surface area contributed by atoms with Crippen molar-refractivity contribution in [2.75, 3.05) is 24.9 Å². The van der Waals surface area contributed by atoms with E-state index in [1.807, 2.05) is 60.7 Å². The molecule has 0 spiro atoms. The first-order valence-corrected chi connectivity index (χ1v) is 10.8. The highest BCUT2D eigenvalue weighted by atomic mass is 16.5. The lowest BCUT2D eigenvalue weighted by Crippen LogP contribution is -2.27. The number of hydrogen-bond acceptors (Lipinski definition) is 5. The zero-order chi connectivity index (χ0) is 22.1. The number of methoxy groups -OCH3 is 2. The van der Waals surface area contributed by atoms with Gasteiger partial charge in [0.05, 0.1) is 31.6 Å². The Morgan fingerprint density at radius 3 is 2.34 bits per heavy atom. The highest BCUT2D eigenvalue weighted by Gasteiger charge is 2.37. The average Bonchev–Trinajstić information content (AvgIpc) is 3.01. The molecule has 5 nitrogen and oxygen atoms in total. The molecule has 0 aromatic heterocycles. The summed E-state index contributed by atoms with van der Waals surface area (Å²) in [6.45, 7) is 0. The van der Waals surface area contributed by atoms with Crippen molar-refractivity contribution < 1.29 is 14.3 Å². The summed E-state index contributed by atoms with van der Waals surface area (Å²) >= 11 is 0. The van der Waals surface area contributed by atoms with Crippen LogP contribution in [0.1, 0.15) is 35.9 Å². The summed E-state index contributed by atoms with van der Waals surface area (Å²) in [7, 11) is 3.28. The maximum Gasteiger partial charge on any atom is 0.163 e. The summed E-state index contributed by atoms with van der Waals surface area (Å²) < 4.78 is 11.1. The number of rotatable bonds is 4. The standard InChI is InChI=1S/C27H26N2O3/c1-31-19-12-13-20(25(16-19)32-2)27-26-23(28-21-10-6-7-11-22(21)29-27)14-18(15-24(26)30)17-8-4-3-5-9-17/h3-13,16,18,27-29H,14-15H2,1-2H3/t18-,27-/m0/s1. The third kappa shape index (κ3) is 3.60. The van der Waals surface area contributed by atoms with Crippen LogP contribution in [0.4, 0.5) is 11.4 Å². The number of carbonyl (C=O) groups excluding carboxylic acids is 1. The van der Waals surface area contributed by atoms with Crippen molar-refractivity contribution in [3.8, 4) is 11.5 Å². The normalized spacial score (nSPS) is 19.8. The minimum atomic E-state index is -0.328. The van der Waals surface area contributed by atoms with Gasteiger partial charge in [0.2, 0.25) is 0 Å². The molecular weight excluding hydrogens is 400 g/mol. The van der Waals surface area contributed by atoms with Gasteiger partial charge in [0.1, 0.15) is 11.5 Å². The molecule has 1 aliphatic carbocycles. The van der Waals surface area contributed by atoms with Crippen LogP contribution in [0.5, 0.6) is 11.5 Å². The minimum Gasteiger partial charge on any atom is -0.497 e. The van der Waals surface area contributed by atoms with Crippen LogP contribution in [0.3, 0.4) is 0 Å². The van der Waals surface area contributed by atoms with Crippen LogP contribution < -0.4 is 20.1 Å². The number of ether oxygens (including phenoxy) is 2. The van der Waals surface area contributed by atoms with Gasteiger partial charge in [-0.05, 0) is 42.2 Å². The number of para-hydroxylation sites is 2. The van der Waals surface area contributed by atoms with Crippen molar-refractivity contribution in [3.05, 3.63) is 95.2 Å². The Labute approximate surface area is 188 Å². The summed E-state index contributed by atoms with van der Waals surface area (Å²) in [6, 6.07) is 23.8. The van der Waals surface area contributed by atoms with E-state index in [-0.39, 0.29) is 17.7 Å². The average molecular weight is 427 g/mol. The van der Waals surface area contributed by atoms with Crippen LogP contribution in [-0.4, -0.2) is 20.0 Å². The molecule has 162 valence electrons. The molecule has 0 saturated carbocycles. The second kappa shape index (κ2) is 8.42. The van der Waals surface area contributed by atoms with E-state index in [0.29, 0.717) is 17.9 Å². The second-order valence-electron chi connectivity index (χ2n) is 8.19. The maximum atomic E-state index is 13.6. The number of benzene rings is 3. The highest BCUT2D eigenvalue weighted by Crippen LogP contribution is 2.46. The Morgan fingerprint density at radius 2 is 1.59 bits per heavy atom.